The lowest BCUT2D eigenvalue weighted by Gasteiger charge is -2.20. The fourth-order valence-electron chi connectivity index (χ4n) is 2.17. The quantitative estimate of drug-likeness (QED) is 0.542. The predicted octanol–water partition coefficient (Wildman–Crippen LogP) is 0.395. The Balaban J connectivity index is 2.85. The molecule has 0 fully saturated rings. The smallest absolute Gasteiger partial charge is 0.326 e. The van der Waals surface area contributed by atoms with Gasteiger partial charge in [-0.2, -0.15) is 0 Å². The maximum atomic E-state index is 13.0. The van der Waals surface area contributed by atoms with E-state index in [4.69, 9.17) is 0 Å². The lowest BCUT2D eigenvalue weighted by Crippen LogP contribution is -2.52. The molecule has 0 saturated carbocycles. The second-order valence-corrected chi connectivity index (χ2v) is 5.49. The minimum atomic E-state index is -1.49. The number of aliphatic carboxylic acids is 1. The van der Waals surface area contributed by atoms with Crippen LogP contribution in [0.25, 0.3) is 0 Å². The summed E-state index contributed by atoms with van der Waals surface area (Å²) in [5.74, 6) is -3.90. The molecule has 0 saturated heterocycles. The Morgan fingerprint density at radius 3 is 2.23 bits per heavy atom. The summed E-state index contributed by atoms with van der Waals surface area (Å²) < 4.78 is 17.7. The van der Waals surface area contributed by atoms with Crippen molar-refractivity contribution < 1.29 is 33.4 Å². The molecule has 0 heterocycles. The molecule has 0 aliphatic rings. The molecule has 1 rings (SSSR count). The Labute approximate surface area is 149 Å². The van der Waals surface area contributed by atoms with Gasteiger partial charge in [-0.25, -0.2) is 9.18 Å². The summed E-state index contributed by atoms with van der Waals surface area (Å²) in [6.45, 7) is 2.86. The highest BCUT2D eigenvalue weighted by Gasteiger charge is 2.28. The molecule has 3 N–H and O–H groups in total. The van der Waals surface area contributed by atoms with Crippen LogP contribution in [0.3, 0.4) is 0 Å². The van der Waals surface area contributed by atoms with Gasteiger partial charge in [0, 0.05) is 13.3 Å². The van der Waals surface area contributed by atoms with E-state index in [2.05, 4.69) is 15.4 Å². The molecule has 1 aromatic carbocycles. The Morgan fingerprint density at radius 2 is 1.73 bits per heavy atom. The molecule has 8 nitrogen and oxygen atoms in total. The van der Waals surface area contributed by atoms with Crippen molar-refractivity contribution in [3.8, 4) is 0 Å². The molecule has 2 atom stereocenters. The van der Waals surface area contributed by atoms with Crippen molar-refractivity contribution in [2.45, 2.75) is 38.8 Å². The fraction of sp³-hybridized carbons (Fsp3) is 0.412. The van der Waals surface area contributed by atoms with Gasteiger partial charge < -0.3 is 20.5 Å². The lowest BCUT2D eigenvalue weighted by molar-refractivity contribution is -0.150. The van der Waals surface area contributed by atoms with Gasteiger partial charge >= 0.3 is 11.9 Å². The average molecular weight is 368 g/mol. The SMILES string of the molecule is CCOC(=O)C[C@@H](NC(=O)[C@H](Cc1ccc(F)cc1)NC(C)=O)C(=O)O. The first kappa shape index (κ1) is 21.1. The van der Waals surface area contributed by atoms with Crippen molar-refractivity contribution in [3.05, 3.63) is 35.6 Å². The summed E-state index contributed by atoms with van der Waals surface area (Å²) >= 11 is 0. The van der Waals surface area contributed by atoms with Gasteiger partial charge in [-0.1, -0.05) is 12.1 Å². The van der Waals surface area contributed by atoms with E-state index < -0.39 is 48.1 Å². The number of benzene rings is 1. The third-order valence-corrected chi connectivity index (χ3v) is 3.34. The Kier molecular flexibility index (Phi) is 8.20. The summed E-state index contributed by atoms with van der Waals surface area (Å²) in [4.78, 5) is 46.5. The number of hydrogen-bond acceptors (Lipinski definition) is 5. The van der Waals surface area contributed by atoms with Crippen LogP contribution < -0.4 is 10.6 Å². The second kappa shape index (κ2) is 10.1. The van der Waals surface area contributed by atoms with Gasteiger partial charge in [0.05, 0.1) is 13.0 Å². The first-order valence-electron chi connectivity index (χ1n) is 7.93. The zero-order valence-electron chi connectivity index (χ0n) is 14.5. The predicted molar refractivity (Wildman–Crippen MR) is 88.5 cm³/mol. The van der Waals surface area contributed by atoms with Gasteiger partial charge in [-0.15, -0.1) is 0 Å². The zero-order valence-corrected chi connectivity index (χ0v) is 14.5. The number of rotatable bonds is 9. The van der Waals surface area contributed by atoms with Crippen molar-refractivity contribution in [2.75, 3.05) is 6.61 Å². The molecule has 0 spiro atoms. The molecule has 1 aromatic rings. The number of carbonyl (C=O) groups excluding carboxylic acids is 3. The van der Waals surface area contributed by atoms with Crippen molar-refractivity contribution in [1.82, 2.24) is 10.6 Å². The Morgan fingerprint density at radius 1 is 1.12 bits per heavy atom. The molecule has 142 valence electrons. The van der Waals surface area contributed by atoms with E-state index in [1.807, 2.05) is 0 Å². The monoisotopic (exact) mass is 368 g/mol. The van der Waals surface area contributed by atoms with Crippen LogP contribution in [0, 0.1) is 5.82 Å². The van der Waals surface area contributed by atoms with Crippen LogP contribution in [0.2, 0.25) is 0 Å². The van der Waals surface area contributed by atoms with Crippen molar-refractivity contribution in [1.29, 1.82) is 0 Å². The van der Waals surface area contributed by atoms with Gasteiger partial charge in [0.15, 0.2) is 0 Å². The van der Waals surface area contributed by atoms with Crippen LogP contribution in [0.15, 0.2) is 24.3 Å². The molecule has 0 unspecified atom stereocenters. The number of halogens is 1. The zero-order chi connectivity index (χ0) is 19.7. The molecular formula is C17H21FN2O6. The van der Waals surface area contributed by atoms with E-state index in [9.17, 15) is 28.7 Å². The highest BCUT2D eigenvalue weighted by Crippen LogP contribution is 2.07. The molecule has 0 bridgehead atoms. The molecule has 0 aliphatic carbocycles. The molecule has 26 heavy (non-hydrogen) atoms. The standard InChI is InChI=1S/C17H21FN2O6/c1-3-26-15(22)9-14(17(24)25)20-16(23)13(19-10(2)21)8-11-4-6-12(18)7-5-11/h4-7,13-14H,3,8-9H2,1-2H3,(H,19,21)(H,20,23)(H,24,25)/t13-,14+/m0/s1. The Bertz CT molecular complexity index is 662. The average Bonchev–Trinajstić information content (AvgIpc) is 2.55. The summed E-state index contributed by atoms with van der Waals surface area (Å²) in [7, 11) is 0. The van der Waals surface area contributed by atoms with E-state index in [1.165, 1.54) is 31.2 Å². The number of nitrogens with one attached hydrogen (secondary N) is 2. The molecule has 0 aliphatic heterocycles. The summed E-state index contributed by atoms with van der Waals surface area (Å²) in [6.07, 6.45) is -0.518. The first-order valence-corrected chi connectivity index (χ1v) is 7.93. The van der Waals surface area contributed by atoms with Crippen LogP contribution in [0.4, 0.5) is 4.39 Å². The number of amides is 2. The van der Waals surface area contributed by atoms with Crippen molar-refractivity contribution in [3.63, 3.8) is 0 Å². The van der Waals surface area contributed by atoms with Crippen LogP contribution >= 0.6 is 0 Å². The largest absolute Gasteiger partial charge is 0.480 e. The highest BCUT2D eigenvalue weighted by molar-refractivity contribution is 5.91. The van der Waals surface area contributed by atoms with Crippen LogP contribution in [-0.4, -0.2) is 47.6 Å². The fourth-order valence-corrected chi connectivity index (χ4v) is 2.17. The van der Waals surface area contributed by atoms with E-state index in [-0.39, 0.29) is 13.0 Å². The second-order valence-electron chi connectivity index (χ2n) is 5.49. The number of ether oxygens (including phenoxy) is 1. The van der Waals surface area contributed by atoms with Crippen LogP contribution in [0.1, 0.15) is 25.8 Å². The molecule has 2 amide bonds. The maximum absolute atomic E-state index is 13.0. The lowest BCUT2D eigenvalue weighted by atomic mass is 10.0. The number of esters is 1. The van der Waals surface area contributed by atoms with E-state index >= 15 is 0 Å². The van der Waals surface area contributed by atoms with E-state index in [0.29, 0.717) is 5.56 Å². The third-order valence-electron chi connectivity index (χ3n) is 3.34. The maximum Gasteiger partial charge on any atom is 0.326 e. The number of carbonyl (C=O) groups is 4. The van der Waals surface area contributed by atoms with Gasteiger partial charge in [0.2, 0.25) is 11.8 Å². The third kappa shape index (κ3) is 7.29. The highest BCUT2D eigenvalue weighted by atomic mass is 19.1. The van der Waals surface area contributed by atoms with Crippen LogP contribution in [0.5, 0.6) is 0 Å². The van der Waals surface area contributed by atoms with Gasteiger partial charge in [0.25, 0.3) is 0 Å². The minimum absolute atomic E-state index is 0.0252. The molecule has 0 radical (unpaired) electrons. The van der Waals surface area contributed by atoms with E-state index in [0.717, 1.165) is 0 Å². The number of carboxylic acids is 1. The number of carboxylic acid groups (broad SMARTS) is 1. The summed E-state index contributed by atoms with van der Waals surface area (Å²) in [6, 6.07) is 2.74. The molecular weight excluding hydrogens is 347 g/mol. The number of hydrogen-bond donors (Lipinski definition) is 3. The Hall–Kier alpha value is -2.97. The van der Waals surface area contributed by atoms with E-state index in [1.54, 1.807) is 6.92 Å². The first-order chi connectivity index (χ1) is 12.2. The topological polar surface area (TPSA) is 122 Å². The van der Waals surface area contributed by atoms with Gasteiger partial charge in [-0.05, 0) is 24.6 Å². The van der Waals surface area contributed by atoms with Crippen molar-refractivity contribution in [2.24, 2.45) is 0 Å². The van der Waals surface area contributed by atoms with Crippen LogP contribution in [-0.2, 0) is 30.3 Å². The summed E-state index contributed by atoms with van der Waals surface area (Å²) in [5, 5.41) is 13.8. The van der Waals surface area contributed by atoms with Gasteiger partial charge in [-0.3, -0.25) is 14.4 Å². The normalized spacial score (nSPS) is 12.6. The van der Waals surface area contributed by atoms with Crippen molar-refractivity contribution >= 4 is 23.8 Å². The minimum Gasteiger partial charge on any atom is -0.480 e. The molecule has 9 heteroatoms. The summed E-state index contributed by atoms with van der Waals surface area (Å²) in [5.41, 5.74) is 0.567. The van der Waals surface area contributed by atoms with Gasteiger partial charge in [0.1, 0.15) is 17.9 Å². The molecule has 0 aromatic heterocycles.